The van der Waals surface area contributed by atoms with E-state index in [2.05, 4.69) is 23.2 Å². The first-order valence-electron chi connectivity index (χ1n) is 11.4. The summed E-state index contributed by atoms with van der Waals surface area (Å²) in [6.07, 6.45) is 2.27. The van der Waals surface area contributed by atoms with Crippen molar-refractivity contribution in [1.29, 1.82) is 0 Å². The molecule has 0 aliphatic carbocycles. The summed E-state index contributed by atoms with van der Waals surface area (Å²) in [5, 5.41) is 4.35. The molecule has 1 N–H and O–H groups in total. The van der Waals surface area contributed by atoms with Crippen LogP contribution in [0.25, 0.3) is 10.3 Å². The number of aryl methyl sites for hydroxylation is 2. The van der Waals surface area contributed by atoms with Gasteiger partial charge in [-0.25, -0.2) is 4.98 Å². The smallest absolute Gasteiger partial charge is 0.274 e. The number of benzene rings is 1. The second-order valence-corrected chi connectivity index (χ2v) is 11.1. The van der Waals surface area contributed by atoms with E-state index in [1.165, 1.54) is 23.1 Å². The Bertz CT molecular complexity index is 1210. The Labute approximate surface area is 202 Å². The van der Waals surface area contributed by atoms with Crippen molar-refractivity contribution >= 4 is 50.2 Å². The Hall–Kier alpha value is -2.39. The van der Waals surface area contributed by atoms with Gasteiger partial charge in [-0.05, 0) is 69.7 Å². The van der Waals surface area contributed by atoms with Crippen LogP contribution in [0.5, 0.6) is 0 Å². The largest absolute Gasteiger partial charge is 0.348 e. The van der Waals surface area contributed by atoms with Crippen LogP contribution in [0.4, 0.5) is 10.8 Å². The van der Waals surface area contributed by atoms with Crippen LogP contribution in [0.1, 0.15) is 50.8 Å². The quantitative estimate of drug-likeness (QED) is 0.390. The molecular weight excluding hydrogens is 454 g/mol. The Kier molecular flexibility index (Phi) is 7.09. The first-order chi connectivity index (χ1) is 15.7. The average molecular weight is 486 g/mol. The Balaban J connectivity index is 1.56. The third kappa shape index (κ3) is 5.41. The van der Waals surface area contributed by atoms with Gasteiger partial charge in [0, 0.05) is 24.8 Å². The molecule has 1 aliphatic heterocycles. The summed E-state index contributed by atoms with van der Waals surface area (Å²) >= 11 is 2.71. The molecule has 1 saturated heterocycles. The molecule has 1 fully saturated rings. The van der Waals surface area contributed by atoms with Gasteiger partial charge in [-0.2, -0.15) is 4.98 Å². The van der Waals surface area contributed by atoms with Crippen molar-refractivity contribution in [2.75, 3.05) is 29.1 Å². The van der Waals surface area contributed by atoms with Gasteiger partial charge in [-0.15, -0.1) is 0 Å². The number of hydrogen-bond acceptors (Lipinski definition) is 7. The number of thioether (sulfide) groups is 1. The lowest BCUT2D eigenvalue weighted by Gasteiger charge is -2.29. The van der Waals surface area contributed by atoms with Gasteiger partial charge in [0.15, 0.2) is 15.9 Å². The maximum absolute atomic E-state index is 13.3. The fourth-order valence-corrected chi connectivity index (χ4v) is 6.03. The zero-order valence-electron chi connectivity index (χ0n) is 19.8. The van der Waals surface area contributed by atoms with Crippen molar-refractivity contribution < 1.29 is 4.79 Å². The summed E-state index contributed by atoms with van der Waals surface area (Å²) in [5.41, 5.74) is 3.37. The predicted octanol–water partition coefficient (Wildman–Crippen LogP) is 5.02. The highest BCUT2D eigenvalue weighted by Gasteiger charge is 2.23. The summed E-state index contributed by atoms with van der Waals surface area (Å²) in [6.45, 7) is 12.1. The fraction of sp³-hybridized carbons (Fsp3) is 0.500. The molecule has 1 aromatic carbocycles. The SMILES string of the molecule is Cc1cc(C)cc(NC(=O)CSc2nc3nc(N4CCC(C)CC4)sc3c(=O)n2C(C)C)c1. The zero-order valence-corrected chi connectivity index (χ0v) is 21.5. The van der Waals surface area contributed by atoms with E-state index in [0.717, 1.165) is 53.8 Å². The normalized spacial score (nSPS) is 14.9. The van der Waals surface area contributed by atoms with Crippen molar-refractivity contribution in [2.45, 2.75) is 58.7 Å². The van der Waals surface area contributed by atoms with Crippen molar-refractivity contribution in [3.8, 4) is 0 Å². The molecular formula is C24H31N5O2S2. The average Bonchev–Trinajstić information content (AvgIpc) is 3.16. The van der Waals surface area contributed by atoms with Crippen LogP contribution < -0.4 is 15.8 Å². The molecule has 9 heteroatoms. The van der Waals surface area contributed by atoms with Crippen molar-refractivity contribution in [3.05, 3.63) is 39.7 Å². The molecule has 0 atom stereocenters. The van der Waals surface area contributed by atoms with E-state index in [4.69, 9.17) is 9.97 Å². The van der Waals surface area contributed by atoms with Gasteiger partial charge < -0.3 is 10.2 Å². The molecule has 1 amide bonds. The highest BCUT2D eigenvalue weighted by atomic mass is 32.2. The fourth-order valence-electron chi connectivity index (χ4n) is 4.12. The second kappa shape index (κ2) is 9.85. The van der Waals surface area contributed by atoms with Crippen LogP contribution in [-0.2, 0) is 4.79 Å². The molecule has 7 nitrogen and oxygen atoms in total. The summed E-state index contributed by atoms with van der Waals surface area (Å²) in [6, 6.07) is 5.89. The van der Waals surface area contributed by atoms with E-state index in [-0.39, 0.29) is 23.3 Å². The molecule has 0 spiro atoms. The van der Waals surface area contributed by atoms with E-state index in [1.807, 2.05) is 39.8 Å². The van der Waals surface area contributed by atoms with Gasteiger partial charge >= 0.3 is 0 Å². The minimum Gasteiger partial charge on any atom is -0.348 e. The maximum Gasteiger partial charge on any atom is 0.274 e. The second-order valence-electron chi connectivity index (χ2n) is 9.20. The predicted molar refractivity (Wildman–Crippen MR) is 138 cm³/mol. The number of nitrogens with one attached hydrogen (secondary N) is 1. The number of carbonyl (C=O) groups excluding carboxylic acids is 1. The van der Waals surface area contributed by atoms with Crippen molar-refractivity contribution in [1.82, 2.24) is 14.5 Å². The van der Waals surface area contributed by atoms with Crippen LogP contribution in [0.3, 0.4) is 0 Å². The number of aromatic nitrogens is 3. The first-order valence-corrected chi connectivity index (χ1v) is 13.2. The summed E-state index contributed by atoms with van der Waals surface area (Å²) in [4.78, 5) is 37.6. The summed E-state index contributed by atoms with van der Waals surface area (Å²) < 4.78 is 2.26. The minimum atomic E-state index is -0.129. The molecule has 0 bridgehead atoms. The van der Waals surface area contributed by atoms with Crippen molar-refractivity contribution in [2.24, 2.45) is 5.92 Å². The van der Waals surface area contributed by atoms with Crippen LogP contribution in [0.2, 0.25) is 0 Å². The van der Waals surface area contributed by atoms with Gasteiger partial charge in [0.25, 0.3) is 5.56 Å². The first kappa shape index (κ1) is 23.8. The zero-order chi connectivity index (χ0) is 23.7. The van der Waals surface area contributed by atoms with E-state index in [1.54, 1.807) is 4.57 Å². The van der Waals surface area contributed by atoms with Gasteiger partial charge in [-0.3, -0.25) is 14.2 Å². The number of amides is 1. The molecule has 0 unspecified atom stereocenters. The topological polar surface area (TPSA) is 80.1 Å². The lowest BCUT2D eigenvalue weighted by Crippen LogP contribution is -2.32. The van der Waals surface area contributed by atoms with Crippen LogP contribution in [0, 0.1) is 19.8 Å². The lowest BCUT2D eigenvalue weighted by atomic mass is 10.00. The number of rotatable bonds is 6. The molecule has 3 heterocycles. The maximum atomic E-state index is 13.3. The standard InChI is InChI=1S/C24H31N5O2S2/c1-14(2)29-22(31)20-21(26-23(33-20)28-8-6-15(3)7-9-28)27-24(29)32-13-19(30)25-18-11-16(4)10-17(5)12-18/h10-12,14-15H,6-9,13H2,1-5H3,(H,25,30). The molecule has 1 aliphatic rings. The van der Waals surface area contributed by atoms with Gasteiger partial charge in [-0.1, -0.05) is 36.1 Å². The molecule has 33 heavy (non-hydrogen) atoms. The van der Waals surface area contributed by atoms with Gasteiger partial charge in [0.1, 0.15) is 4.70 Å². The van der Waals surface area contributed by atoms with Crippen LogP contribution in [-0.4, -0.2) is 39.3 Å². The Morgan fingerprint density at radius 2 is 1.85 bits per heavy atom. The number of thiazole rings is 1. The number of fused-ring (bicyclic) bond motifs is 1. The van der Waals surface area contributed by atoms with E-state index >= 15 is 0 Å². The minimum absolute atomic E-state index is 0.0687. The number of hydrogen-bond donors (Lipinski definition) is 1. The number of anilines is 2. The molecule has 3 aromatic rings. The van der Waals surface area contributed by atoms with Crippen molar-refractivity contribution in [3.63, 3.8) is 0 Å². The van der Waals surface area contributed by atoms with Gasteiger partial charge in [0.2, 0.25) is 5.91 Å². The Morgan fingerprint density at radius 1 is 1.18 bits per heavy atom. The van der Waals surface area contributed by atoms with Crippen LogP contribution >= 0.6 is 23.1 Å². The van der Waals surface area contributed by atoms with Crippen LogP contribution in [0.15, 0.2) is 28.2 Å². The molecule has 0 saturated carbocycles. The van der Waals surface area contributed by atoms with E-state index < -0.39 is 0 Å². The highest BCUT2D eigenvalue weighted by Crippen LogP contribution is 2.31. The number of piperidine rings is 1. The van der Waals surface area contributed by atoms with E-state index in [9.17, 15) is 9.59 Å². The molecule has 0 radical (unpaired) electrons. The number of carbonyl (C=O) groups is 1. The third-order valence-electron chi connectivity index (χ3n) is 5.83. The molecule has 2 aromatic heterocycles. The lowest BCUT2D eigenvalue weighted by molar-refractivity contribution is -0.113. The number of nitrogens with zero attached hydrogens (tertiary/aromatic N) is 4. The third-order valence-corrected chi connectivity index (χ3v) is 7.87. The Morgan fingerprint density at radius 3 is 2.48 bits per heavy atom. The molecule has 4 rings (SSSR count). The van der Waals surface area contributed by atoms with Gasteiger partial charge in [0.05, 0.1) is 5.75 Å². The summed E-state index contributed by atoms with van der Waals surface area (Å²) in [5.74, 6) is 0.763. The molecule has 176 valence electrons. The highest BCUT2D eigenvalue weighted by molar-refractivity contribution is 7.99. The monoisotopic (exact) mass is 485 g/mol. The summed E-state index contributed by atoms with van der Waals surface area (Å²) in [7, 11) is 0. The van der Waals surface area contributed by atoms with E-state index in [0.29, 0.717) is 15.5 Å².